The highest BCUT2D eigenvalue weighted by atomic mass is 35.5. The van der Waals surface area contributed by atoms with E-state index in [1.54, 1.807) is 14.0 Å². The van der Waals surface area contributed by atoms with Crippen LogP contribution in [0.1, 0.15) is 34.8 Å². The average Bonchev–Trinajstić information content (AvgIpc) is 3.09. The lowest BCUT2D eigenvalue weighted by Gasteiger charge is -2.25. The molecule has 1 atom stereocenters. The lowest BCUT2D eigenvalue weighted by molar-refractivity contribution is -0.131. The maximum absolute atomic E-state index is 13.5. The molecular formula is C21H19ClF2N2OS. The molecule has 0 N–H and O–H groups in total. The summed E-state index contributed by atoms with van der Waals surface area (Å²) >= 11 is 7.50. The molecule has 3 rings (SSSR count). The molecule has 0 spiro atoms. The third-order valence-electron chi connectivity index (χ3n) is 4.58. The minimum atomic E-state index is -0.921. The zero-order valence-corrected chi connectivity index (χ0v) is 17.0. The normalized spacial score (nSPS) is 12.0. The molecule has 3 nitrogen and oxygen atoms in total. The van der Waals surface area contributed by atoms with Gasteiger partial charge in [-0.05, 0) is 42.3 Å². The van der Waals surface area contributed by atoms with Gasteiger partial charge < -0.3 is 4.90 Å². The van der Waals surface area contributed by atoms with Gasteiger partial charge >= 0.3 is 0 Å². The third-order valence-corrected chi connectivity index (χ3v) is 5.71. The molecule has 7 heteroatoms. The Labute approximate surface area is 171 Å². The molecule has 1 amide bonds. The summed E-state index contributed by atoms with van der Waals surface area (Å²) in [5.41, 5.74) is 2.29. The van der Waals surface area contributed by atoms with Crippen molar-refractivity contribution in [2.45, 2.75) is 25.8 Å². The van der Waals surface area contributed by atoms with Crippen LogP contribution in [0.15, 0.2) is 47.8 Å². The van der Waals surface area contributed by atoms with Crippen LogP contribution in [0.25, 0.3) is 0 Å². The Kier molecular flexibility index (Phi) is 6.42. The van der Waals surface area contributed by atoms with Crippen molar-refractivity contribution in [2.24, 2.45) is 0 Å². The number of hydrogen-bond acceptors (Lipinski definition) is 3. The van der Waals surface area contributed by atoms with Gasteiger partial charge in [-0.2, -0.15) is 0 Å². The second-order valence-corrected chi connectivity index (χ2v) is 7.95. The number of carbonyl (C=O) groups excluding carboxylic acids is 1. The maximum atomic E-state index is 13.5. The summed E-state index contributed by atoms with van der Waals surface area (Å²) in [5.74, 6) is -1.97. The standard InChI is InChI=1S/C21H19ClF2N2OS/c1-13(15-6-7-18(23)19(24)10-15)26(2)21(27)11-17-12-28-20(25-17)9-14-4-3-5-16(22)8-14/h3-8,10,12-13H,9,11H2,1-2H3. The minimum Gasteiger partial charge on any atom is -0.339 e. The van der Waals surface area contributed by atoms with E-state index in [0.29, 0.717) is 22.7 Å². The summed E-state index contributed by atoms with van der Waals surface area (Å²) in [5, 5.41) is 3.45. The van der Waals surface area contributed by atoms with E-state index in [2.05, 4.69) is 4.98 Å². The van der Waals surface area contributed by atoms with E-state index in [1.807, 2.05) is 29.6 Å². The summed E-state index contributed by atoms with van der Waals surface area (Å²) in [6.07, 6.45) is 0.803. The quantitative estimate of drug-likeness (QED) is 0.533. The predicted octanol–water partition coefficient (Wildman–Crippen LogP) is 5.43. The van der Waals surface area contributed by atoms with Gasteiger partial charge in [0.15, 0.2) is 11.6 Å². The minimum absolute atomic E-state index is 0.142. The van der Waals surface area contributed by atoms with Gasteiger partial charge in [-0.3, -0.25) is 4.79 Å². The first-order valence-corrected chi connectivity index (χ1v) is 9.97. The Morgan fingerprint density at radius 3 is 2.71 bits per heavy atom. The lowest BCUT2D eigenvalue weighted by Crippen LogP contribution is -2.31. The highest BCUT2D eigenvalue weighted by Crippen LogP contribution is 2.23. The maximum Gasteiger partial charge on any atom is 0.228 e. The van der Waals surface area contributed by atoms with Crippen molar-refractivity contribution in [2.75, 3.05) is 7.05 Å². The number of hydrogen-bond donors (Lipinski definition) is 0. The van der Waals surface area contributed by atoms with Gasteiger partial charge in [-0.25, -0.2) is 13.8 Å². The highest BCUT2D eigenvalue weighted by molar-refractivity contribution is 7.09. The smallest absolute Gasteiger partial charge is 0.228 e. The van der Waals surface area contributed by atoms with Crippen LogP contribution >= 0.6 is 22.9 Å². The summed E-state index contributed by atoms with van der Waals surface area (Å²) in [7, 11) is 1.65. The van der Waals surface area contributed by atoms with Gasteiger partial charge in [0.05, 0.1) is 23.2 Å². The number of nitrogens with zero attached hydrogens (tertiary/aromatic N) is 2. The van der Waals surface area contributed by atoms with Gasteiger partial charge in [0.2, 0.25) is 5.91 Å². The van der Waals surface area contributed by atoms with E-state index < -0.39 is 11.6 Å². The van der Waals surface area contributed by atoms with Gasteiger partial charge in [0, 0.05) is 23.9 Å². The molecule has 146 valence electrons. The SMILES string of the molecule is CC(c1ccc(F)c(F)c1)N(C)C(=O)Cc1csc(Cc2cccc(Cl)c2)n1. The van der Waals surface area contributed by atoms with Gasteiger partial charge in [-0.15, -0.1) is 11.3 Å². The fraction of sp³-hybridized carbons (Fsp3) is 0.238. The zero-order chi connectivity index (χ0) is 20.3. The van der Waals surface area contributed by atoms with Crippen LogP contribution in [0.3, 0.4) is 0 Å². The molecule has 1 aromatic heterocycles. The number of amides is 1. The Morgan fingerprint density at radius 1 is 1.21 bits per heavy atom. The van der Waals surface area contributed by atoms with Crippen molar-refractivity contribution in [1.29, 1.82) is 0 Å². The first-order chi connectivity index (χ1) is 13.3. The first kappa shape index (κ1) is 20.4. The molecule has 28 heavy (non-hydrogen) atoms. The number of benzene rings is 2. The van der Waals surface area contributed by atoms with Crippen molar-refractivity contribution < 1.29 is 13.6 Å². The van der Waals surface area contributed by atoms with E-state index in [1.165, 1.54) is 22.3 Å². The Bertz CT molecular complexity index is 992. The number of aromatic nitrogens is 1. The van der Waals surface area contributed by atoms with Crippen LogP contribution in [-0.4, -0.2) is 22.8 Å². The average molecular weight is 421 g/mol. The second-order valence-electron chi connectivity index (χ2n) is 6.57. The van der Waals surface area contributed by atoms with Crippen molar-refractivity contribution >= 4 is 28.8 Å². The fourth-order valence-corrected chi connectivity index (χ4v) is 3.87. The van der Waals surface area contributed by atoms with Crippen molar-refractivity contribution in [3.63, 3.8) is 0 Å². The van der Waals surface area contributed by atoms with E-state index in [4.69, 9.17) is 11.6 Å². The molecule has 0 saturated heterocycles. The van der Waals surface area contributed by atoms with Crippen molar-refractivity contribution in [3.05, 3.63) is 86.3 Å². The monoisotopic (exact) mass is 420 g/mol. The summed E-state index contributed by atoms with van der Waals surface area (Å²) in [6.45, 7) is 1.77. The molecule has 0 fully saturated rings. The van der Waals surface area contributed by atoms with Crippen molar-refractivity contribution in [3.8, 4) is 0 Å². The van der Waals surface area contributed by atoms with Gasteiger partial charge in [-0.1, -0.05) is 29.8 Å². The van der Waals surface area contributed by atoms with Crippen molar-refractivity contribution in [1.82, 2.24) is 9.88 Å². The van der Waals surface area contributed by atoms with E-state index in [-0.39, 0.29) is 18.4 Å². The number of carbonyl (C=O) groups is 1. The molecule has 3 aromatic rings. The third kappa shape index (κ3) is 4.94. The molecule has 1 unspecified atom stereocenters. The molecule has 2 aromatic carbocycles. The molecule has 0 aliphatic carbocycles. The first-order valence-electron chi connectivity index (χ1n) is 8.72. The summed E-state index contributed by atoms with van der Waals surface area (Å²) in [6, 6.07) is 10.9. The number of rotatable bonds is 6. The number of halogens is 3. The number of likely N-dealkylation sites (N-methyl/N-ethyl adjacent to an activating group) is 1. The van der Waals surface area contributed by atoms with Gasteiger partial charge in [0.25, 0.3) is 0 Å². The van der Waals surface area contributed by atoms with Crippen LogP contribution < -0.4 is 0 Å². The molecular weight excluding hydrogens is 402 g/mol. The zero-order valence-electron chi connectivity index (χ0n) is 15.5. The van der Waals surface area contributed by atoms with Crippen LogP contribution in [0, 0.1) is 11.6 Å². The molecule has 0 saturated carbocycles. The Hall–Kier alpha value is -2.31. The van der Waals surface area contributed by atoms with Crippen LogP contribution in [0.4, 0.5) is 8.78 Å². The van der Waals surface area contributed by atoms with Gasteiger partial charge in [0.1, 0.15) is 0 Å². The van der Waals surface area contributed by atoms with E-state index >= 15 is 0 Å². The van der Waals surface area contributed by atoms with E-state index in [0.717, 1.165) is 22.7 Å². The van der Waals surface area contributed by atoms with Crippen LogP contribution in [-0.2, 0) is 17.6 Å². The summed E-state index contributed by atoms with van der Waals surface area (Å²) < 4.78 is 26.6. The highest BCUT2D eigenvalue weighted by Gasteiger charge is 2.20. The number of thiazole rings is 1. The van der Waals surface area contributed by atoms with Crippen LogP contribution in [0.2, 0.25) is 5.02 Å². The topological polar surface area (TPSA) is 33.2 Å². The fourth-order valence-electron chi connectivity index (χ4n) is 2.82. The van der Waals surface area contributed by atoms with Crippen LogP contribution in [0.5, 0.6) is 0 Å². The Balaban J connectivity index is 1.64. The lowest BCUT2D eigenvalue weighted by atomic mass is 10.1. The molecule has 1 heterocycles. The Morgan fingerprint density at radius 2 is 2.00 bits per heavy atom. The molecule has 0 bridgehead atoms. The molecule has 0 aliphatic rings. The van der Waals surface area contributed by atoms with E-state index in [9.17, 15) is 13.6 Å². The summed E-state index contributed by atoms with van der Waals surface area (Å²) in [4.78, 5) is 18.6. The molecule has 0 radical (unpaired) electrons. The second kappa shape index (κ2) is 8.80. The predicted molar refractivity (Wildman–Crippen MR) is 108 cm³/mol. The largest absolute Gasteiger partial charge is 0.339 e. The molecule has 0 aliphatic heterocycles.